The largest absolute Gasteiger partial charge is 0.378 e. The summed E-state index contributed by atoms with van der Waals surface area (Å²) in [4.78, 5) is 0. The number of fused-ring (bicyclic) bond motifs is 1. The number of nitrogens with zero attached hydrogens (tertiary/aromatic N) is 4. The lowest BCUT2D eigenvalue weighted by atomic mass is 10.1. The first-order chi connectivity index (χ1) is 8.33. The van der Waals surface area contributed by atoms with Gasteiger partial charge < -0.3 is 4.74 Å². The molecular weight excluding hydrogens is 240 g/mol. The van der Waals surface area contributed by atoms with E-state index in [-0.39, 0.29) is 0 Å². The number of halogens is 1. The molecule has 1 atom stereocenters. The van der Waals surface area contributed by atoms with E-state index in [0.29, 0.717) is 11.3 Å². The molecule has 0 bridgehead atoms. The first-order valence-corrected chi connectivity index (χ1v) is 6.19. The van der Waals surface area contributed by atoms with Crippen LogP contribution in [0.15, 0.2) is 12.1 Å². The molecule has 1 fully saturated rings. The Labute approximate surface area is 104 Å². The van der Waals surface area contributed by atoms with Gasteiger partial charge in [0, 0.05) is 13.0 Å². The van der Waals surface area contributed by atoms with Gasteiger partial charge in [-0.1, -0.05) is 11.6 Å². The highest BCUT2D eigenvalue weighted by atomic mass is 35.5. The molecule has 0 N–H and O–H groups in total. The highest BCUT2D eigenvalue weighted by molar-refractivity contribution is 6.29. The normalized spacial score (nSPS) is 20.2. The second kappa shape index (κ2) is 4.58. The molecule has 1 saturated heterocycles. The van der Waals surface area contributed by atoms with Gasteiger partial charge >= 0.3 is 0 Å². The molecule has 0 radical (unpaired) electrons. The molecule has 17 heavy (non-hydrogen) atoms. The second-order valence-electron chi connectivity index (χ2n) is 4.22. The molecule has 3 heterocycles. The van der Waals surface area contributed by atoms with Crippen molar-refractivity contribution in [2.75, 3.05) is 6.61 Å². The van der Waals surface area contributed by atoms with Gasteiger partial charge in [-0.15, -0.1) is 10.2 Å². The van der Waals surface area contributed by atoms with Crippen LogP contribution in [0.25, 0.3) is 5.65 Å². The number of aryl methyl sites for hydroxylation is 1. The number of rotatable bonds is 3. The van der Waals surface area contributed by atoms with Gasteiger partial charge in [-0.25, -0.2) is 0 Å². The first-order valence-electron chi connectivity index (χ1n) is 5.81. The maximum absolute atomic E-state index is 5.86. The van der Waals surface area contributed by atoms with E-state index in [9.17, 15) is 0 Å². The van der Waals surface area contributed by atoms with E-state index in [1.807, 2.05) is 6.07 Å². The molecule has 1 unspecified atom stereocenters. The second-order valence-corrected chi connectivity index (χ2v) is 4.60. The summed E-state index contributed by atoms with van der Waals surface area (Å²) in [6.45, 7) is 0.884. The van der Waals surface area contributed by atoms with Gasteiger partial charge in [0.05, 0.1) is 6.10 Å². The van der Waals surface area contributed by atoms with Crippen LogP contribution in [0.1, 0.15) is 25.1 Å². The van der Waals surface area contributed by atoms with E-state index in [1.54, 1.807) is 10.6 Å². The Bertz CT molecular complexity index is 521. The molecule has 0 amide bonds. The SMILES string of the molecule is Clc1ccc2nnc(CCC3CCCO3)n2n1. The Balaban J connectivity index is 1.77. The van der Waals surface area contributed by atoms with Crippen LogP contribution in [-0.2, 0) is 11.2 Å². The zero-order chi connectivity index (χ0) is 11.7. The van der Waals surface area contributed by atoms with Crippen LogP contribution in [0.2, 0.25) is 5.15 Å². The smallest absolute Gasteiger partial charge is 0.178 e. The van der Waals surface area contributed by atoms with Crippen molar-refractivity contribution in [1.82, 2.24) is 19.8 Å². The Morgan fingerprint density at radius 3 is 3.18 bits per heavy atom. The predicted molar refractivity (Wildman–Crippen MR) is 63.1 cm³/mol. The van der Waals surface area contributed by atoms with E-state index in [4.69, 9.17) is 16.3 Å². The lowest BCUT2D eigenvalue weighted by Crippen LogP contribution is -2.08. The summed E-state index contributed by atoms with van der Waals surface area (Å²) in [7, 11) is 0. The van der Waals surface area contributed by atoms with Gasteiger partial charge in [0.25, 0.3) is 0 Å². The molecule has 0 saturated carbocycles. The number of hydrogen-bond acceptors (Lipinski definition) is 4. The van der Waals surface area contributed by atoms with Crippen LogP contribution < -0.4 is 0 Å². The van der Waals surface area contributed by atoms with E-state index < -0.39 is 0 Å². The van der Waals surface area contributed by atoms with Crippen molar-refractivity contribution in [2.24, 2.45) is 0 Å². The van der Waals surface area contributed by atoms with E-state index in [0.717, 1.165) is 43.8 Å². The third kappa shape index (κ3) is 2.25. The van der Waals surface area contributed by atoms with E-state index >= 15 is 0 Å². The Morgan fingerprint density at radius 2 is 2.35 bits per heavy atom. The topological polar surface area (TPSA) is 52.3 Å². The molecule has 1 aliphatic rings. The van der Waals surface area contributed by atoms with Crippen molar-refractivity contribution < 1.29 is 4.74 Å². The summed E-state index contributed by atoms with van der Waals surface area (Å²) >= 11 is 5.86. The average molecular weight is 253 g/mol. The minimum absolute atomic E-state index is 0.363. The molecule has 90 valence electrons. The molecule has 2 aromatic rings. The van der Waals surface area contributed by atoms with Crippen LogP contribution in [0.5, 0.6) is 0 Å². The van der Waals surface area contributed by atoms with Gasteiger partial charge in [-0.3, -0.25) is 0 Å². The standard InChI is InChI=1S/C11H13ClN4O/c12-9-4-6-11-14-13-10(16(11)15-9)5-3-8-2-1-7-17-8/h4,6,8H,1-3,5,7H2. The van der Waals surface area contributed by atoms with Crippen LogP contribution in [0.4, 0.5) is 0 Å². The molecule has 2 aromatic heterocycles. The summed E-state index contributed by atoms with van der Waals surface area (Å²) in [5, 5.41) is 12.8. The summed E-state index contributed by atoms with van der Waals surface area (Å²) in [5.74, 6) is 0.845. The molecule has 1 aliphatic heterocycles. The number of hydrogen-bond donors (Lipinski definition) is 0. The summed E-state index contributed by atoms with van der Waals surface area (Å²) < 4.78 is 7.29. The Morgan fingerprint density at radius 1 is 1.41 bits per heavy atom. The quantitative estimate of drug-likeness (QED) is 0.837. The zero-order valence-electron chi connectivity index (χ0n) is 9.34. The van der Waals surface area contributed by atoms with Crippen molar-refractivity contribution in [3.05, 3.63) is 23.1 Å². The fourth-order valence-corrected chi connectivity index (χ4v) is 2.27. The molecular formula is C11H13ClN4O. The van der Waals surface area contributed by atoms with E-state index in [2.05, 4.69) is 15.3 Å². The summed E-state index contributed by atoms with van der Waals surface area (Å²) in [5.41, 5.74) is 0.733. The van der Waals surface area contributed by atoms with Crippen molar-refractivity contribution in [2.45, 2.75) is 31.8 Å². The summed E-state index contributed by atoms with van der Waals surface area (Å²) in [6, 6.07) is 3.54. The van der Waals surface area contributed by atoms with Gasteiger partial charge in [0.2, 0.25) is 0 Å². The van der Waals surface area contributed by atoms with Crippen molar-refractivity contribution in [3.8, 4) is 0 Å². The van der Waals surface area contributed by atoms with Gasteiger partial charge in [-0.05, 0) is 31.4 Å². The van der Waals surface area contributed by atoms with Crippen molar-refractivity contribution in [1.29, 1.82) is 0 Å². The molecule has 0 aromatic carbocycles. The minimum Gasteiger partial charge on any atom is -0.378 e. The van der Waals surface area contributed by atoms with Gasteiger partial charge in [0.15, 0.2) is 11.5 Å². The maximum Gasteiger partial charge on any atom is 0.178 e. The van der Waals surface area contributed by atoms with Crippen molar-refractivity contribution in [3.63, 3.8) is 0 Å². The molecule has 3 rings (SSSR count). The molecule has 0 spiro atoms. The van der Waals surface area contributed by atoms with Crippen molar-refractivity contribution >= 4 is 17.2 Å². The lowest BCUT2D eigenvalue weighted by molar-refractivity contribution is 0.104. The van der Waals surface area contributed by atoms with Crippen LogP contribution in [0.3, 0.4) is 0 Å². The van der Waals surface area contributed by atoms with E-state index in [1.165, 1.54) is 0 Å². The molecule has 5 nitrogen and oxygen atoms in total. The summed E-state index contributed by atoms with van der Waals surface area (Å²) in [6.07, 6.45) is 4.45. The first kappa shape index (κ1) is 10.9. The number of aromatic nitrogens is 4. The third-order valence-electron chi connectivity index (χ3n) is 3.01. The average Bonchev–Trinajstić information content (AvgIpc) is 2.94. The molecule has 0 aliphatic carbocycles. The van der Waals surface area contributed by atoms with Crippen LogP contribution in [-0.4, -0.2) is 32.5 Å². The maximum atomic E-state index is 5.86. The van der Waals surface area contributed by atoms with Gasteiger partial charge in [0.1, 0.15) is 5.15 Å². The zero-order valence-corrected chi connectivity index (χ0v) is 10.1. The highest BCUT2D eigenvalue weighted by Gasteiger charge is 2.17. The molecule has 6 heteroatoms. The lowest BCUT2D eigenvalue weighted by Gasteiger charge is -2.07. The third-order valence-corrected chi connectivity index (χ3v) is 3.21. The van der Waals surface area contributed by atoms with Gasteiger partial charge in [-0.2, -0.15) is 9.61 Å². The predicted octanol–water partition coefficient (Wildman–Crippen LogP) is 1.89. The number of ether oxygens (including phenoxy) is 1. The Hall–Kier alpha value is -1.20. The fourth-order valence-electron chi connectivity index (χ4n) is 2.13. The van der Waals surface area contributed by atoms with Crippen LogP contribution >= 0.6 is 11.6 Å². The monoisotopic (exact) mass is 252 g/mol. The van der Waals surface area contributed by atoms with Crippen LogP contribution in [0, 0.1) is 0 Å². The highest BCUT2D eigenvalue weighted by Crippen LogP contribution is 2.17. The fraction of sp³-hybridized carbons (Fsp3) is 0.545. The minimum atomic E-state index is 0.363. The Kier molecular flexibility index (Phi) is 2.94.